The Morgan fingerprint density at radius 2 is 1.75 bits per heavy atom. The zero-order valence-corrected chi connectivity index (χ0v) is 24.0. The lowest BCUT2D eigenvalue weighted by Crippen LogP contribution is -2.40. The largest absolute Gasteiger partial charge is 0.390 e. The number of fused-ring (bicyclic) bond motifs is 1. The number of hydrogen-bond acceptors (Lipinski definition) is 10. The topological polar surface area (TPSA) is 136 Å². The van der Waals surface area contributed by atoms with Crippen molar-refractivity contribution < 1.29 is 15.3 Å². The fraction of sp³-hybridized carbons (Fsp3) is 0.467. The first kappa shape index (κ1) is 27.0. The number of nitrogens with zero attached hydrogens (tertiary/aromatic N) is 4. The molecule has 0 amide bonds. The summed E-state index contributed by atoms with van der Waals surface area (Å²) in [4.78, 5) is 19.0. The van der Waals surface area contributed by atoms with E-state index in [0.717, 1.165) is 45.0 Å². The lowest BCUT2D eigenvalue weighted by Gasteiger charge is -2.28. The van der Waals surface area contributed by atoms with E-state index in [1.165, 1.54) is 5.56 Å². The average molecular weight is 561 g/mol. The Kier molecular flexibility index (Phi) is 6.77. The maximum atomic E-state index is 10.9. The molecule has 2 fully saturated rings. The van der Waals surface area contributed by atoms with Crippen LogP contribution in [-0.2, 0) is 5.41 Å². The molecule has 10 heteroatoms. The van der Waals surface area contributed by atoms with Gasteiger partial charge in [-0.15, -0.1) is 11.3 Å². The summed E-state index contributed by atoms with van der Waals surface area (Å²) in [6.07, 6.45) is 2.26. The van der Waals surface area contributed by atoms with Crippen molar-refractivity contribution in [1.29, 1.82) is 0 Å². The molecule has 0 spiro atoms. The van der Waals surface area contributed by atoms with E-state index in [-0.39, 0.29) is 5.41 Å². The van der Waals surface area contributed by atoms with Crippen LogP contribution in [0.2, 0.25) is 0 Å². The van der Waals surface area contributed by atoms with Crippen LogP contribution in [-0.4, -0.2) is 65.7 Å². The van der Waals surface area contributed by atoms with Gasteiger partial charge in [0.05, 0.1) is 39.4 Å². The zero-order chi connectivity index (χ0) is 28.2. The predicted octanol–water partition coefficient (Wildman–Crippen LogP) is 4.20. The number of aryl methyl sites for hydroxylation is 2. The second kappa shape index (κ2) is 10.0. The summed E-state index contributed by atoms with van der Waals surface area (Å²) >= 11 is 1.54. The summed E-state index contributed by atoms with van der Waals surface area (Å²) in [6.45, 7) is 7.92. The number of aliphatic hydroxyl groups is 3. The molecular formula is C30H36N6O3S. The summed E-state index contributed by atoms with van der Waals surface area (Å²) in [5.74, 6) is 0.551. The van der Waals surface area contributed by atoms with Gasteiger partial charge in [0.15, 0.2) is 0 Å². The smallest absolute Gasteiger partial charge is 0.224 e. The van der Waals surface area contributed by atoms with E-state index < -0.39 is 29.8 Å². The monoisotopic (exact) mass is 560 g/mol. The minimum absolute atomic E-state index is 0.0774. The van der Waals surface area contributed by atoms with Gasteiger partial charge in [0, 0.05) is 24.1 Å². The Balaban J connectivity index is 1.36. The molecule has 0 aliphatic heterocycles. The molecule has 210 valence electrons. The van der Waals surface area contributed by atoms with Gasteiger partial charge in [-0.1, -0.05) is 30.3 Å². The van der Waals surface area contributed by atoms with Gasteiger partial charge in [0.2, 0.25) is 5.95 Å². The number of hydrogen-bond donors (Lipinski definition) is 5. The van der Waals surface area contributed by atoms with E-state index in [1.807, 2.05) is 26.0 Å². The third-order valence-electron chi connectivity index (χ3n) is 8.53. The number of pyridine rings is 1. The van der Waals surface area contributed by atoms with Crippen LogP contribution in [0.15, 0.2) is 42.6 Å². The van der Waals surface area contributed by atoms with Gasteiger partial charge in [-0.3, -0.25) is 4.98 Å². The molecule has 0 radical (unpaired) electrons. The van der Waals surface area contributed by atoms with E-state index in [2.05, 4.69) is 39.9 Å². The van der Waals surface area contributed by atoms with Crippen molar-refractivity contribution in [3.63, 3.8) is 0 Å². The van der Waals surface area contributed by atoms with Crippen LogP contribution >= 0.6 is 11.3 Å². The molecule has 5 N–H and O–H groups in total. The van der Waals surface area contributed by atoms with E-state index in [4.69, 9.17) is 15.0 Å². The molecule has 6 rings (SSSR count). The SMILES string of the molecule is Cc1nc(NCC2(c3ccccc3)CC2)nc(N[C@@H]2C[C@H](C(C)(C)O)[C@@H](O)[C@H]2O)c1-c1nc2c(C)nccc2s1. The molecular weight excluding hydrogens is 524 g/mol. The Labute approximate surface area is 237 Å². The highest BCUT2D eigenvalue weighted by molar-refractivity contribution is 7.21. The second-order valence-electron chi connectivity index (χ2n) is 11.8. The number of aromatic nitrogens is 4. The van der Waals surface area contributed by atoms with Crippen molar-refractivity contribution in [2.45, 2.75) is 76.2 Å². The first-order valence-corrected chi connectivity index (χ1v) is 14.6. The van der Waals surface area contributed by atoms with Gasteiger partial charge in [-0.25, -0.2) is 9.97 Å². The standard InChI is InChI=1S/C30H36N6O3S/c1-16-22(27-35-23-17(2)31-13-10-21(23)40-27)26(34-20-14-19(29(3,4)39)24(37)25(20)38)36-28(33-16)32-15-30(11-12-30)18-8-6-5-7-9-18/h5-10,13,19-20,24-25,37-39H,11-12,14-15H2,1-4H3,(H2,32,33,34,36)/t19-,20+,24+,25-/m0/s1. The molecule has 2 aliphatic carbocycles. The third-order valence-corrected chi connectivity index (χ3v) is 9.57. The van der Waals surface area contributed by atoms with Crippen LogP contribution in [0.25, 0.3) is 20.8 Å². The number of anilines is 2. The summed E-state index contributed by atoms with van der Waals surface area (Å²) in [7, 11) is 0. The molecule has 1 aromatic carbocycles. The number of aliphatic hydroxyl groups excluding tert-OH is 2. The van der Waals surface area contributed by atoms with Gasteiger partial charge in [0.25, 0.3) is 0 Å². The van der Waals surface area contributed by atoms with Crippen LogP contribution in [0.3, 0.4) is 0 Å². The van der Waals surface area contributed by atoms with Crippen molar-refractivity contribution >= 4 is 33.3 Å². The first-order valence-electron chi connectivity index (χ1n) is 13.8. The third kappa shape index (κ3) is 4.94. The highest BCUT2D eigenvalue weighted by atomic mass is 32.1. The number of rotatable bonds is 8. The number of nitrogens with one attached hydrogen (secondary N) is 2. The Hall–Kier alpha value is -3.18. The molecule has 2 saturated carbocycles. The lowest BCUT2D eigenvalue weighted by atomic mass is 9.88. The first-order chi connectivity index (χ1) is 19.1. The highest BCUT2D eigenvalue weighted by Gasteiger charge is 2.48. The number of thiazole rings is 1. The molecule has 4 atom stereocenters. The van der Waals surface area contributed by atoms with Crippen LogP contribution in [0, 0.1) is 19.8 Å². The van der Waals surface area contributed by atoms with Crippen LogP contribution in [0.1, 0.15) is 50.1 Å². The van der Waals surface area contributed by atoms with Crippen LogP contribution in [0.4, 0.5) is 11.8 Å². The van der Waals surface area contributed by atoms with Crippen LogP contribution in [0.5, 0.6) is 0 Å². The van der Waals surface area contributed by atoms with Gasteiger partial charge in [0.1, 0.15) is 22.4 Å². The maximum Gasteiger partial charge on any atom is 0.224 e. The van der Waals surface area contributed by atoms with Crippen molar-refractivity contribution in [1.82, 2.24) is 19.9 Å². The predicted molar refractivity (Wildman–Crippen MR) is 158 cm³/mol. The minimum atomic E-state index is -1.14. The summed E-state index contributed by atoms with van der Waals surface area (Å²) in [5.41, 5.74) is 3.45. The van der Waals surface area contributed by atoms with E-state index in [1.54, 1.807) is 31.4 Å². The zero-order valence-electron chi connectivity index (χ0n) is 23.2. The number of benzene rings is 1. The minimum Gasteiger partial charge on any atom is -0.390 e. The molecule has 3 heterocycles. The van der Waals surface area contributed by atoms with E-state index in [9.17, 15) is 15.3 Å². The van der Waals surface area contributed by atoms with Crippen molar-refractivity contribution in [3.05, 3.63) is 59.5 Å². The Morgan fingerprint density at radius 1 is 1.00 bits per heavy atom. The summed E-state index contributed by atoms with van der Waals surface area (Å²) < 4.78 is 1.02. The second-order valence-corrected chi connectivity index (χ2v) is 12.9. The van der Waals surface area contributed by atoms with Crippen LogP contribution < -0.4 is 10.6 Å². The van der Waals surface area contributed by atoms with Gasteiger partial charge < -0.3 is 26.0 Å². The fourth-order valence-corrected chi connectivity index (χ4v) is 7.03. The maximum absolute atomic E-state index is 10.9. The van der Waals surface area contributed by atoms with Crippen molar-refractivity contribution in [3.8, 4) is 10.6 Å². The highest BCUT2D eigenvalue weighted by Crippen LogP contribution is 2.48. The average Bonchev–Trinajstić information content (AvgIpc) is 3.50. The van der Waals surface area contributed by atoms with Crippen molar-refractivity contribution in [2.24, 2.45) is 5.92 Å². The molecule has 3 aromatic heterocycles. The van der Waals surface area contributed by atoms with Gasteiger partial charge in [-0.2, -0.15) is 4.98 Å². The van der Waals surface area contributed by atoms with Gasteiger partial charge >= 0.3 is 0 Å². The van der Waals surface area contributed by atoms with E-state index in [0.29, 0.717) is 24.7 Å². The molecule has 0 unspecified atom stereocenters. The molecule has 4 aromatic rings. The lowest BCUT2D eigenvalue weighted by molar-refractivity contribution is -0.0601. The molecule has 9 nitrogen and oxygen atoms in total. The molecule has 2 aliphatic rings. The normalized spacial score (nSPS) is 23.9. The molecule has 40 heavy (non-hydrogen) atoms. The molecule has 0 saturated heterocycles. The Morgan fingerprint density at radius 3 is 2.40 bits per heavy atom. The van der Waals surface area contributed by atoms with Gasteiger partial charge in [-0.05, 0) is 58.6 Å². The van der Waals surface area contributed by atoms with E-state index >= 15 is 0 Å². The fourth-order valence-electron chi connectivity index (χ4n) is 5.91. The summed E-state index contributed by atoms with van der Waals surface area (Å²) in [5, 5.41) is 39.9. The van der Waals surface area contributed by atoms with Crippen molar-refractivity contribution in [2.75, 3.05) is 17.2 Å². The summed E-state index contributed by atoms with van der Waals surface area (Å²) in [6, 6.07) is 12.0. The molecule has 0 bridgehead atoms. The Bertz CT molecular complexity index is 1530. The quantitative estimate of drug-likeness (QED) is 0.215.